The van der Waals surface area contributed by atoms with Crippen LogP contribution in [-0.2, 0) is 26.1 Å². The van der Waals surface area contributed by atoms with Crippen molar-refractivity contribution in [3.8, 4) is 11.5 Å². The quantitative estimate of drug-likeness (QED) is 0.748. The molecule has 4 heterocycles. The van der Waals surface area contributed by atoms with Crippen LogP contribution in [0.3, 0.4) is 0 Å². The molecule has 4 rings (SSSR count). The summed E-state index contributed by atoms with van der Waals surface area (Å²) in [5, 5.41) is 8.07. The third-order valence-corrected chi connectivity index (χ3v) is 5.03. The van der Waals surface area contributed by atoms with Crippen molar-refractivity contribution in [3.63, 3.8) is 0 Å². The molecule has 0 spiro atoms. The number of halogens is 2. The number of imidazole rings is 1. The minimum atomic E-state index is 0. The van der Waals surface area contributed by atoms with Crippen LogP contribution in [0.25, 0.3) is 11.5 Å². The van der Waals surface area contributed by atoms with Crippen molar-refractivity contribution in [2.24, 2.45) is 0 Å². The molecule has 9 heteroatoms. The lowest BCUT2D eigenvalue weighted by molar-refractivity contribution is 0.476. The van der Waals surface area contributed by atoms with Crippen LogP contribution < -0.4 is 5.32 Å². The summed E-state index contributed by atoms with van der Waals surface area (Å²) in [7, 11) is 0. The van der Waals surface area contributed by atoms with E-state index in [9.17, 15) is 0 Å². The molecule has 1 aliphatic rings. The Morgan fingerprint density at radius 1 is 1.29 bits per heavy atom. The Morgan fingerprint density at radius 3 is 2.92 bits per heavy atom. The lowest BCUT2D eigenvalue weighted by Gasteiger charge is -2.13. The highest BCUT2D eigenvalue weighted by Gasteiger charge is 2.16. The molecule has 1 N–H and O–H groups in total. The fraction of sp³-hybridized carbons (Fsp3) is 0.400. The minimum absolute atomic E-state index is 0. The van der Waals surface area contributed by atoms with Crippen LogP contribution in [0.15, 0.2) is 24.0 Å². The predicted molar refractivity (Wildman–Crippen MR) is 100 cm³/mol. The van der Waals surface area contributed by atoms with E-state index < -0.39 is 0 Å². The molecule has 0 amide bonds. The summed E-state index contributed by atoms with van der Waals surface area (Å²) in [6, 6.07) is 2.14. The average molecular weight is 387 g/mol. The van der Waals surface area contributed by atoms with Crippen molar-refractivity contribution in [1.82, 2.24) is 29.6 Å². The fourth-order valence-electron chi connectivity index (χ4n) is 2.81. The molecule has 130 valence electrons. The summed E-state index contributed by atoms with van der Waals surface area (Å²) in [5.74, 6) is 0.948. The van der Waals surface area contributed by atoms with Gasteiger partial charge in [0, 0.05) is 43.3 Å². The molecule has 0 unspecified atom stereocenters. The van der Waals surface area contributed by atoms with Gasteiger partial charge in [-0.2, -0.15) is 5.10 Å². The lowest BCUT2D eigenvalue weighted by Crippen LogP contribution is -2.28. The van der Waals surface area contributed by atoms with Gasteiger partial charge in [0.25, 0.3) is 0 Å². The fourth-order valence-corrected chi connectivity index (χ4v) is 3.58. The van der Waals surface area contributed by atoms with Gasteiger partial charge in [-0.05, 0) is 13.0 Å². The molecule has 3 aromatic rings. The molecule has 0 aromatic carbocycles. The second-order valence-corrected chi connectivity index (χ2v) is 6.42. The maximum Gasteiger partial charge on any atom is 0.160 e. The third-order valence-electron chi connectivity index (χ3n) is 4.04. The maximum atomic E-state index is 4.70. The van der Waals surface area contributed by atoms with Gasteiger partial charge in [-0.25, -0.2) is 9.97 Å². The van der Waals surface area contributed by atoms with Crippen LogP contribution in [0, 0.1) is 6.92 Å². The SMILES string of the molecule is Cc1ncsc1CCn1ccnc1-c1cc2n(n1)CCNC2.Cl.Cl. The van der Waals surface area contributed by atoms with Gasteiger partial charge in [-0.3, -0.25) is 4.68 Å². The van der Waals surface area contributed by atoms with E-state index in [0.29, 0.717) is 0 Å². The Kier molecular flexibility index (Phi) is 6.40. The second-order valence-electron chi connectivity index (χ2n) is 5.48. The van der Waals surface area contributed by atoms with Gasteiger partial charge in [0.1, 0.15) is 5.69 Å². The van der Waals surface area contributed by atoms with E-state index in [1.165, 1.54) is 10.6 Å². The van der Waals surface area contributed by atoms with Crippen LogP contribution in [0.2, 0.25) is 0 Å². The van der Waals surface area contributed by atoms with Gasteiger partial charge in [0.15, 0.2) is 5.82 Å². The molecule has 6 nitrogen and oxygen atoms in total. The number of nitrogens with one attached hydrogen (secondary N) is 1. The molecular formula is C15H20Cl2N6S. The van der Waals surface area contributed by atoms with Crippen molar-refractivity contribution in [2.45, 2.75) is 33.0 Å². The number of rotatable bonds is 4. The zero-order valence-corrected chi connectivity index (χ0v) is 15.8. The first-order chi connectivity index (χ1) is 10.8. The molecule has 1 aliphatic heterocycles. The molecule has 0 saturated carbocycles. The first kappa shape index (κ1) is 18.9. The highest BCUT2D eigenvalue weighted by molar-refractivity contribution is 7.09. The van der Waals surface area contributed by atoms with Crippen molar-refractivity contribution >= 4 is 36.2 Å². The summed E-state index contributed by atoms with van der Waals surface area (Å²) in [5.41, 5.74) is 5.24. The Hall–Kier alpha value is -1.41. The van der Waals surface area contributed by atoms with Crippen LogP contribution in [0.5, 0.6) is 0 Å². The molecule has 3 aromatic heterocycles. The molecular weight excluding hydrogens is 367 g/mol. The van der Waals surface area contributed by atoms with Gasteiger partial charge in [0.05, 0.1) is 23.4 Å². The molecule has 0 atom stereocenters. The second kappa shape index (κ2) is 8.11. The van der Waals surface area contributed by atoms with Crippen molar-refractivity contribution in [3.05, 3.63) is 40.2 Å². The van der Waals surface area contributed by atoms with E-state index in [-0.39, 0.29) is 24.8 Å². The summed E-state index contributed by atoms with van der Waals surface area (Å²) < 4.78 is 4.26. The molecule has 0 saturated heterocycles. The minimum Gasteiger partial charge on any atom is -0.329 e. The van der Waals surface area contributed by atoms with Gasteiger partial charge < -0.3 is 9.88 Å². The average Bonchev–Trinajstić information content (AvgIpc) is 3.23. The van der Waals surface area contributed by atoms with Gasteiger partial charge in [-0.15, -0.1) is 36.2 Å². The summed E-state index contributed by atoms with van der Waals surface area (Å²) in [4.78, 5) is 10.2. The van der Waals surface area contributed by atoms with E-state index in [1.807, 2.05) is 17.9 Å². The molecule has 24 heavy (non-hydrogen) atoms. The Balaban J connectivity index is 0.00000104. The van der Waals surface area contributed by atoms with E-state index >= 15 is 0 Å². The number of aromatic nitrogens is 5. The topological polar surface area (TPSA) is 60.6 Å². The van der Waals surface area contributed by atoms with Crippen LogP contribution in [0.4, 0.5) is 0 Å². The van der Waals surface area contributed by atoms with E-state index in [4.69, 9.17) is 5.10 Å². The van der Waals surface area contributed by atoms with Crippen LogP contribution in [-0.4, -0.2) is 30.9 Å². The lowest BCUT2D eigenvalue weighted by atomic mass is 10.3. The normalized spacial score (nSPS) is 13.0. The number of aryl methyl sites for hydroxylation is 3. The first-order valence-electron chi connectivity index (χ1n) is 7.49. The highest BCUT2D eigenvalue weighted by Crippen LogP contribution is 2.20. The summed E-state index contributed by atoms with van der Waals surface area (Å²) >= 11 is 1.72. The van der Waals surface area contributed by atoms with E-state index in [2.05, 4.69) is 37.5 Å². The number of hydrogen-bond acceptors (Lipinski definition) is 5. The Labute approximate surface area is 157 Å². The molecule has 0 radical (unpaired) electrons. The first-order valence-corrected chi connectivity index (χ1v) is 8.37. The number of thiazole rings is 1. The van der Waals surface area contributed by atoms with Gasteiger partial charge in [0.2, 0.25) is 0 Å². The molecule has 0 aliphatic carbocycles. The van der Waals surface area contributed by atoms with Crippen molar-refractivity contribution < 1.29 is 0 Å². The summed E-state index contributed by atoms with van der Waals surface area (Å²) in [6.45, 7) is 5.76. The number of hydrogen-bond donors (Lipinski definition) is 1. The van der Waals surface area contributed by atoms with Crippen LogP contribution in [0.1, 0.15) is 16.3 Å². The van der Waals surface area contributed by atoms with Crippen LogP contribution >= 0.6 is 36.2 Å². The summed E-state index contributed by atoms with van der Waals surface area (Å²) in [6.07, 6.45) is 4.86. The Morgan fingerprint density at radius 2 is 2.17 bits per heavy atom. The smallest absolute Gasteiger partial charge is 0.160 e. The number of fused-ring (bicyclic) bond motifs is 1. The predicted octanol–water partition coefficient (Wildman–Crippen LogP) is 2.70. The van der Waals surface area contributed by atoms with Gasteiger partial charge in [-0.1, -0.05) is 0 Å². The van der Waals surface area contributed by atoms with Crippen molar-refractivity contribution in [2.75, 3.05) is 6.54 Å². The number of nitrogens with zero attached hydrogens (tertiary/aromatic N) is 5. The van der Waals surface area contributed by atoms with E-state index in [1.54, 1.807) is 11.3 Å². The standard InChI is InChI=1S/C15H18N6S.2ClH/c1-11-14(22-10-18-11)2-5-20-6-4-17-15(20)13-8-12-9-16-3-7-21(12)19-13;;/h4,6,8,10,16H,2-3,5,7,9H2,1H3;2*1H. The molecule has 0 fully saturated rings. The largest absolute Gasteiger partial charge is 0.329 e. The van der Waals surface area contributed by atoms with E-state index in [0.717, 1.165) is 49.8 Å². The zero-order valence-electron chi connectivity index (χ0n) is 13.3. The monoisotopic (exact) mass is 386 g/mol. The van der Waals surface area contributed by atoms with Crippen molar-refractivity contribution in [1.29, 1.82) is 0 Å². The highest BCUT2D eigenvalue weighted by atomic mass is 35.5. The zero-order chi connectivity index (χ0) is 14.9. The third kappa shape index (κ3) is 3.64. The molecule has 0 bridgehead atoms. The van der Waals surface area contributed by atoms with Gasteiger partial charge >= 0.3 is 0 Å². The maximum absolute atomic E-state index is 4.70. The Bertz CT molecular complexity index is 770.